The third-order valence-corrected chi connectivity index (χ3v) is 3.20. The van der Waals surface area contributed by atoms with E-state index in [2.05, 4.69) is 10.5 Å². The Kier molecular flexibility index (Phi) is 4.90. The van der Waals surface area contributed by atoms with Crippen molar-refractivity contribution in [2.24, 2.45) is 5.10 Å². The van der Waals surface area contributed by atoms with Crippen molar-refractivity contribution in [3.8, 4) is 0 Å². The number of benzene rings is 2. The highest BCUT2D eigenvalue weighted by Crippen LogP contribution is 2.31. The molecule has 2 aromatic carbocycles. The van der Waals surface area contributed by atoms with Crippen LogP contribution in [0.1, 0.15) is 21.5 Å². The van der Waals surface area contributed by atoms with Crippen LogP contribution in [0.15, 0.2) is 47.6 Å². The number of nitrogens with one attached hydrogen (secondary N) is 1. The molecule has 0 unspecified atom stereocenters. The quantitative estimate of drug-likeness (QED) is 0.635. The van der Waals surface area contributed by atoms with Crippen LogP contribution in [0, 0.1) is 0 Å². The van der Waals surface area contributed by atoms with Crippen LogP contribution in [-0.4, -0.2) is 17.3 Å². The summed E-state index contributed by atoms with van der Waals surface area (Å²) in [5.74, 6) is -1.06. The van der Waals surface area contributed by atoms with E-state index in [0.29, 0.717) is 5.69 Å². The van der Waals surface area contributed by atoms with Gasteiger partial charge in [0.05, 0.1) is 23.0 Å². The molecule has 0 aliphatic rings. The minimum absolute atomic E-state index is 0.108. The third-order valence-electron chi connectivity index (χ3n) is 2.85. The minimum Gasteiger partial charge on any atom is -0.478 e. The van der Waals surface area contributed by atoms with Crippen molar-refractivity contribution in [3.05, 3.63) is 64.2 Å². The number of hydrazone groups is 1. The zero-order chi connectivity index (χ0) is 17.0. The number of anilines is 1. The van der Waals surface area contributed by atoms with E-state index in [1.54, 1.807) is 0 Å². The summed E-state index contributed by atoms with van der Waals surface area (Å²) >= 11 is 5.83. The number of carboxylic acids is 1. The van der Waals surface area contributed by atoms with E-state index in [1.807, 2.05) is 0 Å². The van der Waals surface area contributed by atoms with Gasteiger partial charge >= 0.3 is 12.1 Å². The Morgan fingerprint density at radius 3 is 2.39 bits per heavy atom. The van der Waals surface area contributed by atoms with E-state index in [-0.39, 0.29) is 16.1 Å². The number of nitrogens with zero attached hydrogens (tertiary/aromatic N) is 1. The Bertz CT molecular complexity index is 743. The molecule has 0 aromatic heterocycles. The van der Waals surface area contributed by atoms with Crippen LogP contribution in [0.4, 0.5) is 18.9 Å². The van der Waals surface area contributed by atoms with Crippen molar-refractivity contribution in [1.82, 2.24) is 0 Å². The third kappa shape index (κ3) is 4.46. The zero-order valence-corrected chi connectivity index (χ0v) is 12.2. The van der Waals surface area contributed by atoms with Crippen molar-refractivity contribution in [2.75, 3.05) is 5.43 Å². The fourth-order valence-corrected chi connectivity index (χ4v) is 1.85. The average Bonchev–Trinajstić information content (AvgIpc) is 2.48. The van der Waals surface area contributed by atoms with Crippen LogP contribution >= 0.6 is 11.6 Å². The summed E-state index contributed by atoms with van der Waals surface area (Å²) in [5, 5.41) is 12.7. The molecule has 2 rings (SSSR count). The zero-order valence-electron chi connectivity index (χ0n) is 11.4. The van der Waals surface area contributed by atoms with Crippen molar-refractivity contribution in [1.29, 1.82) is 0 Å². The summed E-state index contributed by atoms with van der Waals surface area (Å²) in [5.41, 5.74) is 2.46. The Hall–Kier alpha value is -2.54. The Morgan fingerprint density at radius 1 is 1.17 bits per heavy atom. The van der Waals surface area contributed by atoms with Gasteiger partial charge in [-0.15, -0.1) is 0 Å². The number of alkyl halides is 3. The number of hydrogen-bond acceptors (Lipinski definition) is 3. The lowest BCUT2D eigenvalue weighted by Gasteiger charge is -2.08. The molecule has 4 nitrogen and oxygen atoms in total. The minimum atomic E-state index is -4.47. The first-order valence-corrected chi connectivity index (χ1v) is 6.64. The lowest BCUT2D eigenvalue weighted by atomic mass is 10.1. The van der Waals surface area contributed by atoms with Gasteiger partial charge in [-0.3, -0.25) is 5.43 Å². The molecule has 0 aliphatic carbocycles. The molecule has 0 aliphatic heterocycles. The van der Waals surface area contributed by atoms with Crippen LogP contribution < -0.4 is 5.43 Å². The molecule has 0 fully saturated rings. The maximum atomic E-state index is 12.6. The molecule has 0 radical (unpaired) electrons. The monoisotopic (exact) mass is 342 g/mol. The summed E-state index contributed by atoms with van der Waals surface area (Å²) in [6.45, 7) is 0. The van der Waals surface area contributed by atoms with E-state index >= 15 is 0 Å². The van der Waals surface area contributed by atoms with Crippen LogP contribution in [0.25, 0.3) is 0 Å². The molecule has 0 saturated carbocycles. The lowest BCUT2D eigenvalue weighted by Crippen LogP contribution is -2.05. The highest BCUT2D eigenvalue weighted by molar-refractivity contribution is 6.33. The highest BCUT2D eigenvalue weighted by atomic mass is 35.5. The summed E-state index contributed by atoms with van der Waals surface area (Å²) in [7, 11) is 0. The van der Waals surface area contributed by atoms with Gasteiger partial charge in [-0.05, 0) is 42.5 Å². The van der Waals surface area contributed by atoms with Gasteiger partial charge in [-0.25, -0.2) is 4.79 Å². The predicted molar refractivity (Wildman–Crippen MR) is 81.1 cm³/mol. The molecule has 8 heteroatoms. The standard InChI is InChI=1S/C15H10ClF3N2O2/c16-13-6-3-11(15(17,18)19)7-10(13)8-20-21-12-4-1-9(2-5-12)14(22)23/h1-8,21H,(H,22,23). The molecular formula is C15H10ClF3N2O2. The first-order chi connectivity index (χ1) is 10.8. The number of carbonyl (C=O) groups is 1. The van der Waals surface area contributed by atoms with Gasteiger partial charge in [-0.1, -0.05) is 11.6 Å². The van der Waals surface area contributed by atoms with Gasteiger partial charge in [0.1, 0.15) is 0 Å². The molecule has 0 amide bonds. The van der Waals surface area contributed by atoms with Crippen LogP contribution in [0.3, 0.4) is 0 Å². The van der Waals surface area contributed by atoms with Crippen LogP contribution in [0.2, 0.25) is 5.02 Å². The molecule has 2 aromatic rings. The van der Waals surface area contributed by atoms with Crippen LogP contribution in [0.5, 0.6) is 0 Å². The van der Waals surface area contributed by atoms with Crippen LogP contribution in [-0.2, 0) is 6.18 Å². The molecular weight excluding hydrogens is 333 g/mol. The first-order valence-electron chi connectivity index (χ1n) is 6.26. The average molecular weight is 343 g/mol. The van der Waals surface area contributed by atoms with E-state index in [4.69, 9.17) is 16.7 Å². The second-order valence-electron chi connectivity index (χ2n) is 4.49. The van der Waals surface area contributed by atoms with Gasteiger partial charge in [0, 0.05) is 10.6 Å². The SMILES string of the molecule is O=C(O)c1ccc(NN=Cc2cc(C(F)(F)F)ccc2Cl)cc1. The molecule has 0 heterocycles. The fraction of sp³-hybridized carbons (Fsp3) is 0.0667. The van der Waals surface area contributed by atoms with Crippen molar-refractivity contribution >= 4 is 29.5 Å². The maximum absolute atomic E-state index is 12.6. The maximum Gasteiger partial charge on any atom is 0.416 e. The molecule has 0 atom stereocenters. The molecule has 0 bridgehead atoms. The van der Waals surface area contributed by atoms with Gasteiger partial charge in [0.25, 0.3) is 0 Å². The normalized spacial score (nSPS) is 11.7. The van der Waals surface area contributed by atoms with Gasteiger partial charge in [0.2, 0.25) is 0 Å². The molecule has 0 saturated heterocycles. The topological polar surface area (TPSA) is 61.7 Å². The fourth-order valence-electron chi connectivity index (χ4n) is 1.68. The highest BCUT2D eigenvalue weighted by Gasteiger charge is 2.30. The van der Waals surface area contributed by atoms with Crippen molar-refractivity contribution in [3.63, 3.8) is 0 Å². The molecule has 2 N–H and O–H groups in total. The predicted octanol–water partition coefficient (Wildman–Crippen LogP) is 4.50. The first kappa shape index (κ1) is 16.8. The Labute approximate surface area is 134 Å². The Balaban J connectivity index is 2.12. The summed E-state index contributed by atoms with van der Waals surface area (Å²) in [6.07, 6.45) is -3.31. The summed E-state index contributed by atoms with van der Waals surface area (Å²) in [4.78, 5) is 10.7. The smallest absolute Gasteiger partial charge is 0.416 e. The lowest BCUT2D eigenvalue weighted by molar-refractivity contribution is -0.137. The second kappa shape index (κ2) is 6.70. The van der Waals surface area contributed by atoms with Gasteiger partial charge < -0.3 is 5.11 Å². The van der Waals surface area contributed by atoms with E-state index < -0.39 is 17.7 Å². The van der Waals surface area contributed by atoms with E-state index in [9.17, 15) is 18.0 Å². The summed E-state index contributed by atoms with van der Waals surface area (Å²) < 4.78 is 37.9. The number of carboxylic acid groups (broad SMARTS) is 1. The number of aromatic carboxylic acids is 1. The van der Waals surface area contributed by atoms with Gasteiger partial charge in [-0.2, -0.15) is 18.3 Å². The molecule has 23 heavy (non-hydrogen) atoms. The van der Waals surface area contributed by atoms with E-state index in [1.165, 1.54) is 24.3 Å². The number of halogens is 4. The van der Waals surface area contributed by atoms with Crippen molar-refractivity contribution < 1.29 is 23.1 Å². The summed E-state index contributed by atoms with van der Waals surface area (Å²) in [6, 6.07) is 8.63. The number of hydrogen-bond donors (Lipinski definition) is 2. The number of rotatable bonds is 4. The second-order valence-corrected chi connectivity index (χ2v) is 4.89. The largest absolute Gasteiger partial charge is 0.478 e. The van der Waals surface area contributed by atoms with Crippen molar-refractivity contribution in [2.45, 2.75) is 6.18 Å². The molecule has 120 valence electrons. The molecule has 0 spiro atoms. The van der Waals surface area contributed by atoms with E-state index in [0.717, 1.165) is 24.4 Å². The van der Waals surface area contributed by atoms with Gasteiger partial charge in [0.15, 0.2) is 0 Å². The Morgan fingerprint density at radius 2 is 1.83 bits per heavy atom.